The lowest BCUT2D eigenvalue weighted by Crippen LogP contribution is -2.38. The molecule has 0 aromatic heterocycles. The first-order valence-corrected chi connectivity index (χ1v) is 10.7. The summed E-state index contributed by atoms with van der Waals surface area (Å²) < 4.78 is 51.4. The standard InChI is InChI=1S/C16H18F2N2O3S2/c1-3-9(2)15(21)19-16-20(12-5-4-10(17)6-11(12)18)13-7-25(22,23)8-14(13)24-16/h4-6,9,13-14H,3,7-8H2,1-2H3/t9-,13+,14+/m0/s1. The Morgan fingerprint density at radius 2 is 2.12 bits per heavy atom. The van der Waals surface area contributed by atoms with E-state index in [1.54, 1.807) is 6.92 Å². The average molecular weight is 388 g/mol. The zero-order valence-electron chi connectivity index (χ0n) is 13.8. The maximum absolute atomic E-state index is 14.3. The Morgan fingerprint density at radius 3 is 2.76 bits per heavy atom. The van der Waals surface area contributed by atoms with Crippen molar-refractivity contribution < 1.29 is 22.0 Å². The number of carbonyl (C=O) groups excluding carboxylic acids is 1. The fourth-order valence-electron chi connectivity index (χ4n) is 2.90. The molecule has 1 aromatic carbocycles. The summed E-state index contributed by atoms with van der Waals surface area (Å²) >= 11 is 1.17. The van der Waals surface area contributed by atoms with Gasteiger partial charge in [0, 0.05) is 17.2 Å². The molecule has 3 atom stereocenters. The number of anilines is 1. The number of amides is 1. The summed E-state index contributed by atoms with van der Waals surface area (Å²) in [6.45, 7) is 3.61. The zero-order chi connectivity index (χ0) is 18.4. The number of hydrogen-bond acceptors (Lipinski definition) is 4. The van der Waals surface area contributed by atoms with Crippen molar-refractivity contribution in [1.82, 2.24) is 0 Å². The molecule has 2 heterocycles. The summed E-state index contributed by atoms with van der Waals surface area (Å²) in [6.07, 6.45) is 0.617. The molecule has 5 nitrogen and oxygen atoms in total. The summed E-state index contributed by atoms with van der Waals surface area (Å²) in [5, 5.41) is -0.0429. The Kier molecular flexibility index (Phi) is 4.89. The fourth-order valence-corrected chi connectivity index (χ4v) is 6.81. The fraction of sp³-hybridized carbons (Fsp3) is 0.500. The molecule has 0 N–H and O–H groups in total. The van der Waals surface area contributed by atoms with Crippen molar-refractivity contribution in [3.8, 4) is 0 Å². The highest BCUT2D eigenvalue weighted by Gasteiger charge is 2.50. The first kappa shape index (κ1) is 18.3. The smallest absolute Gasteiger partial charge is 0.250 e. The van der Waals surface area contributed by atoms with Gasteiger partial charge in [-0.2, -0.15) is 4.99 Å². The highest BCUT2D eigenvalue weighted by molar-refractivity contribution is 8.16. The highest BCUT2D eigenvalue weighted by atomic mass is 32.2. The SMILES string of the molecule is CC[C@H](C)C(=O)N=C1S[C@@H]2CS(=O)(=O)C[C@H]2N1c1ccc(F)cc1F. The van der Waals surface area contributed by atoms with Gasteiger partial charge in [0.25, 0.3) is 5.91 Å². The van der Waals surface area contributed by atoms with Gasteiger partial charge < -0.3 is 4.90 Å². The molecule has 9 heteroatoms. The van der Waals surface area contributed by atoms with E-state index in [9.17, 15) is 22.0 Å². The average Bonchev–Trinajstić information content (AvgIpc) is 2.98. The van der Waals surface area contributed by atoms with E-state index >= 15 is 0 Å². The minimum absolute atomic E-state index is 0.0363. The number of benzene rings is 1. The van der Waals surface area contributed by atoms with Crippen LogP contribution in [0.2, 0.25) is 0 Å². The maximum Gasteiger partial charge on any atom is 0.250 e. The Hall–Kier alpha value is -1.48. The molecule has 25 heavy (non-hydrogen) atoms. The van der Waals surface area contributed by atoms with Gasteiger partial charge in [-0.1, -0.05) is 25.6 Å². The molecular formula is C16H18F2N2O3S2. The molecule has 2 fully saturated rings. The maximum atomic E-state index is 14.3. The van der Waals surface area contributed by atoms with Gasteiger partial charge in [-0.15, -0.1) is 0 Å². The van der Waals surface area contributed by atoms with Gasteiger partial charge >= 0.3 is 0 Å². The minimum atomic E-state index is -3.24. The number of aliphatic imine (C=N–C) groups is 1. The second kappa shape index (κ2) is 6.68. The summed E-state index contributed by atoms with van der Waals surface area (Å²) in [7, 11) is -3.24. The van der Waals surface area contributed by atoms with Crippen LogP contribution in [0.4, 0.5) is 14.5 Å². The lowest BCUT2D eigenvalue weighted by atomic mass is 10.1. The number of rotatable bonds is 3. The van der Waals surface area contributed by atoms with E-state index in [1.165, 1.54) is 22.7 Å². The largest absolute Gasteiger partial charge is 0.313 e. The number of halogens is 2. The Labute approximate surface area is 149 Å². The van der Waals surface area contributed by atoms with Gasteiger partial charge in [0.05, 0.1) is 23.2 Å². The van der Waals surface area contributed by atoms with Crippen LogP contribution >= 0.6 is 11.8 Å². The number of carbonyl (C=O) groups is 1. The van der Waals surface area contributed by atoms with Gasteiger partial charge in [0.1, 0.15) is 11.6 Å². The molecule has 0 radical (unpaired) electrons. The van der Waals surface area contributed by atoms with E-state index in [-0.39, 0.29) is 39.4 Å². The molecule has 0 bridgehead atoms. The second-order valence-electron chi connectivity index (χ2n) is 6.31. The lowest BCUT2D eigenvalue weighted by molar-refractivity contribution is -0.121. The van der Waals surface area contributed by atoms with Crippen molar-refractivity contribution in [2.75, 3.05) is 16.4 Å². The monoisotopic (exact) mass is 388 g/mol. The normalized spacial score (nSPS) is 27.5. The molecule has 0 spiro atoms. The molecule has 3 rings (SSSR count). The van der Waals surface area contributed by atoms with Crippen molar-refractivity contribution in [2.45, 2.75) is 31.6 Å². The summed E-state index contributed by atoms with van der Waals surface area (Å²) in [5.41, 5.74) is 0.0363. The van der Waals surface area contributed by atoms with Crippen molar-refractivity contribution in [3.63, 3.8) is 0 Å². The second-order valence-corrected chi connectivity index (χ2v) is 9.67. The number of sulfone groups is 1. The lowest BCUT2D eigenvalue weighted by Gasteiger charge is -2.25. The van der Waals surface area contributed by atoms with Crippen LogP contribution in [-0.4, -0.2) is 42.3 Å². The van der Waals surface area contributed by atoms with Gasteiger partial charge in [0.2, 0.25) is 0 Å². The number of nitrogens with zero attached hydrogens (tertiary/aromatic N) is 2. The third-order valence-electron chi connectivity index (χ3n) is 4.48. The molecule has 2 aliphatic rings. The molecule has 1 aromatic rings. The molecule has 1 amide bonds. The van der Waals surface area contributed by atoms with E-state index in [2.05, 4.69) is 4.99 Å². The molecule has 0 saturated carbocycles. The number of fused-ring (bicyclic) bond motifs is 1. The van der Waals surface area contributed by atoms with Crippen molar-refractivity contribution >= 4 is 38.4 Å². The summed E-state index contributed by atoms with van der Waals surface area (Å²) in [5.74, 6) is -2.33. The minimum Gasteiger partial charge on any atom is -0.313 e. The third kappa shape index (κ3) is 3.57. The van der Waals surface area contributed by atoms with Crippen LogP contribution in [0.25, 0.3) is 0 Å². The van der Waals surface area contributed by atoms with Gasteiger partial charge in [-0.3, -0.25) is 4.79 Å². The van der Waals surface area contributed by atoms with Crippen LogP contribution < -0.4 is 4.90 Å². The van der Waals surface area contributed by atoms with Gasteiger partial charge in [0.15, 0.2) is 15.0 Å². The molecule has 0 unspecified atom stereocenters. The number of hydrogen-bond donors (Lipinski definition) is 0. The molecule has 136 valence electrons. The third-order valence-corrected chi connectivity index (χ3v) is 7.69. The van der Waals surface area contributed by atoms with E-state index in [0.29, 0.717) is 6.42 Å². The molecule has 2 saturated heterocycles. The highest BCUT2D eigenvalue weighted by Crippen LogP contribution is 2.41. The van der Waals surface area contributed by atoms with E-state index in [4.69, 9.17) is 0 Å². The predicted octanol–water partition coefficient (Wildman–Crippen LogP) is 2.61. The van der Waals surface area contributed by atoms with Gasteiger partial charge in [-0.05, 0) is 18.6 Å². The topological polar surface area (TPSA) is 66.8 Å². The van der Waals surface area contributed by atoms with Crippen LogP contribution in [0.5, 0.6) is 0 Å². The first-order chi connectivity index (χ1) is 11.7. The van der Waals surface area contributed by atoms with E-state index in [1.807, 2.05) is 6.92 Å². The van der Waals surface area contributed by atoms with Crippen LogP contribution in [0.1, 0.15) is 20.3 Å². The molecular weight excluding hydrogens is 370 g/mol. The molecule has 2 aliphatic heterocycles. The Bertz CT molecular complexity index is 842. The van der Waals surface area contributed by atoms with Crippen LogP contribution in [-0.2, 0) is 14.6 Å². The predicted molar refractivity (Wildman–Crippen MR) is 94.6 cm³/mol. The van der Waals surface area contributed by atoms with Crippen molar-refractivity contribution in [3.05, 3.63) is 29.8 Å². The van der Waals surface area contributed by atoms with Crippen molar-refractivity contribution in [1.29, 1.82) is 0 Å². The van der Waals surface area contributed by atoms with Crippen molar-refractivity contribution in [2.24, 2.45) is 10.9 Å². The zero-order valence-corrected chi connectivity index (χ0v) is 15.4. The summed E-state index contributed by atoms with van der Waals surface area (Å²) in [6, 6.07) is 2.58. The van der Waals surface area contributed by atoms with E-state index in [0.717, 1.165) is 12.1 Å². The van der Waals surface area contributed by atoms with Crippen LogP contribution in [0, 0.1) is 17.6 Å². The van der Waals surface area contributed by atoms with Crippen LogP contribution in [0.3, 0.4) is 0 Å². The first-order valence-electron chi connectivity index (χ1n) is 7.95. The summed E-state index contributed by atoms with van der Waals surface area (Å²) in [4.78, 5) is 17.7. The Balaban J connectivity index is 2.04. The Morgan fingerprint density at radius 1 is 1.40 bits per heavy atom. The van der Waals surface area contributed by atoms with Crippen LogP contribution in [0.15, 0.2) is 23.2 Å². The van der Waals surface area contributed by atoms with E-state index < -0.39 is 27.5 Å². The molecule has 0 aliphatic carbocycles. The number of amidine groups is 1. The quantitative estimate of drug-likeness (QED) is 0.796. The van der Waals surface area contributed by atoms with Gasteiger partial charge in [-0.25, -0.2) is 17.2 Å². The number of thioether (sulfide) groups is 1.